The Balaban J connectivity index is 2.34. The van der Waals surface area contributed by atoms with E-state index in [1.807, 2.05) is 30.8 Å². The summed E-state index contributed by atoms with van der Waals surface area (Å²) < 4.78 is 15.8. The van der Waals surface area contributed by atoms with Crippen molar-refractivity contribution in [1.82, 2.24) is 9.55 Å². The summed E-state index contributed by atoms with van der Waals surface area (Å²) in [6.07, 6.45) is 4.20. The molecule has 0 aliphatic rings. The Morgan fingerprint density at radius 3 is 2.89 bits per heavy atom. The van der Waals surface area contributed by atoms with Crippen LogP contribution in [0, 0.1) is 5.82 Å². The molecule has 1 aromatic heterocycles. The maximum absolute atomic E-state index is 13.9. The molecule has 0 spiro atoms. The van der Waals surface area contributed by atoms with E-state index in [0.717, 1.165) is 10.7 Å². The summed E-state index contributed by atoms with van der Waals surface area (Å²) in [5, 5.41) is 0.769. The van der Waals surface area contributed by atoms with Gasteiger partial charge in [0.25, 0.3) is 0 Å². The first kappa shape index (κ1) is 13.1. The van der Waals surface area contributed by atoms with E-state index in [-0.39, 0.29) is 11.9 Å². The molecule has 3 nitrogen and oxygen atoms in total. The van der Waals surface area contributed by atoms with E-state index in [9.17, 15) is 4.39 Å². The fraction of sp³-hybridized carbons (Fsp3) is 0.308. The van der Waals surface area contributed by atoms with E-state index in [1.54, 1.807) is 12.3 Å². The normalized spacial score (nSPS) is 12.7. The van der Waals surface area contributed by atoms with Crippen molar-refractivity contribution in [3.8, 4) is 0 Å². The predicted molar refractivity (Wildman–Crippen MR) is 71.1 cm³/mol. The monoisotopic (exact) mass is 265 g/mol. The third-order valence-electron chi connectivity index (χ3n) is 2.56. The summed E-state index contributed by atoms with van der Waals surface area (Å²) in [7, 11) is 1.89. The van der Waals surface area contributed by atoms with Gasteiger partial charge >= 0.3 is 0 Å². The number of halogens is 1. The van der Waals surface area contributed by atoms with Gasteiger partial charge in [-0.25, -0.2) is 9.37 Å². The van der Waals surface area contributed by atoms with E-state index in [0.29, 0.717) is 11.3 Å². The van der Waals surface area contributed by atoms with E-state index >= 15 is 0 Å². The molecule has 96 valence electrons. The number of hydrogen-bond acceptors (Lipinski definition) is 3. The highest BCUT2D eigenvalue weighted by Crippen LogP contribution is 2.31. The lowest BCUT2D eigenvalue weighted by Gasteiger charge is -2.11. The van der Waals surface area contributed by atoms with Crippen molar-refractivity contribution >= 4 is 11.8 Å². The Hall–Kier alpha value is -1.33. The third-order valence-corrected chi connectivity index (χ3v) is 3.80. The number of hydrogen-bond donors (Lipinski definition) is 1. The fourth-order valence-electron chi connectivity index (χ4n) is 1.72. The summed E-state index contributed by atoms with van der Waals surface area (Å²) in [5.41, 5.74) is 6.72. The van der Waals surface area contributed by atoms with Crippen molar-refractivity contribution in [3.05, 3.63) is 42.0 Å². The number of aryl methyl sites for hydroxylation is 1. The van der Waals surface area contributed by atoms with Crippen LogP contribution in [0.4, 0.5) is 4.39 Å². The molecule has 5 heteroatoms. The molecule has 2 rings (SSSR count). The first-order chi connectivity index (χ1) is 8.58. The van der Waals surface area contributed by atoms with Gasteiger partial charge in [-0.2, -0.15) is 0 Å². The molecule has 0 radical (unpaired) electrons. The zero-order chi connectivity index (χ0) is 13.1. The van der Waals surface area contributed by atoms with Gasteiger partial charge in [-0.15, -0.1) is 0 Å². The van der Waals surface area contributed by atoms with Crippen LogP contribution in [-0.4, -0.2) is 15.6 Å². The Morgan fingerprint density at radius 1 is 1.50 bits per heavy atom. The minimum atomic E-state index is -0.221. The van der Waals surface area contributed by atoms with Crippen LogP contribution in [0.1, 0.15) is 12.5 Å². The molecule has 2 aromatic rings. The van der Waals surface area contributed by atoms with E-state index < -0.39 is 0 Å². The van der Waals surface area contributed by atoms with Gasteiger partial charge < -0.3 is 10.3 Å². The summed E-state index contributed by atoms with van der Waals surface area (Å²) in [4.78, 5) is 4.82. The molecule has 0 aliphatic heterocycles. The van der Waals surface area contributed by atoms with Crippen molar-refractivity contribution in [3.63, 3.8) is 0 Å². The molecule has 2 N–H and O–H groups in total. The maximum atomic E-state index is 13.9. The molecule has 1 aromatic carbocycles. The molecule has 0 saturated carbocycles. The smallest absolute Gasteiger partial charge is 0.172 e. The maximum Gasteiger partial charge on any atom is 0.172 e. The second-order valence-electron chi connectivity index (χ2n) is 4.33. The Morgan fingerprint density at radius 2 is 2.28 bits per heavy atom. The number of rotatable bonds is 4. The average Bonchev–Trinajstić information content (AvgIpc) is 2.68. The van der Waals surface area contributed by atoms with E-state index in [1.165, 1.54) is 17.8 Å². The average molecular weight is 265 g/mol. The van der Waals surface area contributed by atoms with Crippen LogP contribution >= 0.6 is 11.8 Å². The number of benzene rings is 1. The number of nitrogens with zero attached hydrogens (tertiary/aromatic N) is 2. The highest BCUT2D eigenvalue weighted by Gasteiger charge is 2.13. The highest BCUT2D eigenvalue weighted by atomic mass is 32.2. The van der Waals surface area contributed by atoms with Crippen LogP contribution in [-0.2, 0) is 13.5 Å². The van der Waals surface area contributed by atoms with Gasteiger partial charge in [0.05, 0.1) is 4.90 Å². The van der Waals surface area contributed by atoms with Crippen molar-refractivity contribution in [2.75, 3.05) is 0 Å². The lowest BCUT2D eigenvalue weighted by molar-refractivity contribution is 0.592. The minimum absolute atomic E-state index is 0.00696. The molecule has 18 heavy (non-hydrogen) atoms. The topological polar surface area (TPSA) is 43.8 Å². The second-order valence-corrected chi connectivity index (χ2v) is 5.31. The quantitative estimate of drug-likeness (QED) is 0.924. The summed E-state index contributed by atoms with van der Waals surface area (Å²) in [5.74, 6) is -0.221. The van der Waals surface area contributed by atoms with Gasteiger partial charge in [-0.1, -0.05) is 12.1 Å². The summed E-state index contributed by atoms with van der Waals surface area (Å²) in [6.45, 7) is 1.92. The van der Waals surface area contributed by atoms with Gasteiger partial charge in [0.1, 0.15) is 5.82 Å². The number of aromatic nitrogens is 2. The summed E-state index contributed by atoms with van der Waals surface area (Å²) >= 11 is 1.34. The Kier molecular flexibility index (Phi) is 4.04. The SMILES string of the molecule is CC(N)Cc1cccc(F)c1Sc1nccn1C. The first-order valence-corrected chi connectivity index (χ1v) is 6.57. The first-order valence-electron chi connectivity index (χ1n) is 5.76. The van der Waals surface area contributed by atoms with Gasteiger partial charge in [-0.05, 0) is 36.7 Å². The van der Waals surface area contributed by atoms with Crippen molar-refractivity contribution in [1.29, 1.82) is 0 Å². The van der Waals surface area contributed by atoms with Crippen molar-refractivity contribution < 1.29 is 4.39 Å². The molecule has 0 saturated heterocycles. The molecule has 1 unspecified atom stereocenters. The standard InChI is InChI=1S/C13H16FN3S/c1-9(15)8-10-4-3-5-11(14)12(10)18-13-16-6-7-17(13)2/h3-7,9H,8,15H2,1-2H3. The molecular weight excluding hydrogens is 249 g/mol. The van der Waals surface area contributed by atoms with Crippen molar-refractivity contribution in [2.45, 2.75) is 29.4 Å². The fourth-order valence-corrected chi connectivity index (χ4v) is 2.67. The molecule has 0 bridgehead atoms. The van der Waals surface area contributed by atoms with Crippen LogP contribution in [0.25, 0.3) is 0 Å². The predicted octanol–water partition coefficient (Wildman–Crippen LogP) is 2.60. The molecule has 1 heterocycles. The third kappa shape index (κ3) is 2.91. The number of imidazole rings is 1. The molecular formula is C13H16FN3S. The molecule has 0 aliphatic carbocycles. The minimum Gasteiger partial charge on any atom is -0.329 e. The van der Waals surface area contributed by atoms with Crippen LogP contribution in [0.2, 0.25) is 0 Å². The van der Waals surface area contributed by atoms with Crippen LogP contribution < -0.4 is 5.73 Å². The lowest BCUT2D eigenvalue weighted by atomic mass is 10.1. The van der Waals surface area contributed by atoms with E-state index in [2.05, 4.69) is 4.98 Å². The second kappa shape index (κ2) is 5.54. The van der Waals surface area contributed by atoms with Gasteiger partial charge in [-0.3, -0.25) is 0 Å². The van der Waals surface area contributed by atoms with Crippen LogP contribution in [0.5, 0.6) is 0 Å². The van der Waals surface area contributed by atoms with Crippen LogP contribution in [0.3, 0.4) is 0 Å². The van der Waals surface area contributed by atoms with Gasteiger partial charge in [0.15, 0.2) is 5.16 Å². The lowest BCUT2D eigenvalue weighted by Crippen LogP contribution is -2.18. The largest absolute Gasteiger partial charge is 0.329 e. The number of nitrogens with two attached hydrogens (primary N) is 1. The van der Waals surface area contributed by atoms with E-state index in [4.69, 9.17) is 5.73 Å². The Labute approximate surface area is 110 Å². The Bertz CT molecular complexity index is 537. The zero-order valence-electron chi connectivity index (χ0n) is 10.4. The molecule has 0 amide bonds. The van der Waals surface area contributed by atoms with Gasteiger partial charge in [0.2, 0.25) is 0 Å². The van der Waals surface area contributed by atoms with Crippen LogP contribution in [0.15, 0.2) is 40.6 Å². The zero-order valence-corrected chi connectivity index (χ0v) is 11.2. The summed E-state index contributed by atoms with van der Waals surface area (Å²) in [6, 6.07) is 5.11. The van der Waals surface area contributed by atoms with Crippen molar-refractivity contribution in [2.24, 2.45) is 12.8 Å². The highest BCUT2D eigenvalue weighted by molar-refractivity contribution is 7.99. The van der Waals surface area contributed by atoms with Gasteiger partial charge in [0, 0.05) is 25.5 Å². The molecule has 0 fully saturated rings. The molecule has 1 atom stereocenters.